The molecule has 0 saturated heterocycles. The summed E-state index contributed by atoms with van der Waals surface area (Å²) in [5.41, 5.74) is 1.21. The number of rotatable bonds is 6. The molecule has 1 aromatic rings. The van der Waals surface area contributed by atoms with Crippen LogP contribution in [0.4, 0.5) is 0 Å². The zero-order valence-electron chi connectivity index (χ0n) is 12.6. The smallest absolute Gasteiger partial charge is 0.126 e. The van der Waals surface area contributed by atoms with E-state index in [2.05, 4.69) is 38.2 Å². The molecular weight excluding hydrogens is 238 g/mol. The third-order valence-electron chi connectivity index (χ3n) is 2.70. The van der Waals surface area contributed by atoms with Gasteiger partial charge in [-0.15, -0.1) is 0 Å². The van der Waals surface area contributed by atoms with E-state index < -0.39 is 0 Å². The Balaban J connectivity index is 2.60. The standard InChI is InChI=1S/C16H25NO2/c1-16(2,3)17-11-7-6-8-13-12-14(18-4)9-10-15(13)19-5/h6,8-10,12,17H,7,11H2,1-5H3. The average Bonchev–Trinajstić information content (AvgIpc) is 2.36. The first kappa shape index (κ1) is 15.6. The molecule has 106 valence electrons. The zero-order chi connectivity index (χ0) is 14.3. The van der Waals surface area contributed by atoms with Gasteiger partial charge in [0.05, 0.1) is 14.2 Å². The first-order chi connectivity index (χ1) is 8.96. The van der Waals surface area contributed by atoms with Crippen LogP contribution in [0.2, 0.25) is 0 Å². The van der Waals surface area contributed by atoms with Crippen LogP contribution in [0.5, 0.6) is 11.5 Å². The summed E-state index contributed by atoms with van der Waals surface area (Å²) >= 11 is 0. The Kier molecular flexibility index (Phi) is 5.90. The fraction of sp³-hybridized carbons (Fsp3) is 0.500. The minimum atomic E-state index is 0.168. The first-order valence-corrected chi connectivity index (χ1v) is 6.60. The van der Waals surface area contributed by atoms with Crippen LogP contribution in [0.3, 0.4) is 0 Å². The van der Waals surface area contributed by atoms with Gasteiger partial charge in [0, 0.05) is 11.1 Å². The van der Waals surface area contributed by atoms with Gasteiger partial charge in [-0.1, -0.05) is 12.2 Å². The zero-order valence-corrected chi connectivity index (χ0v) is 12.6. The molecule has 0 aliphatic heterocycles. The van der Waals surface area contributed by atoms with Gasteiger partial charge in [-0.3, -0.25) is 0 Å². The second-order valence-electron chi connectivity index (χ2n) is 5.48. The molecule has 1 N–H and O–H groups in total. The molecule has 3 nitrogen and oxygen atoms in total. The Hall–Kier alpha value is -1.48. The summed E-state index contributed by atoms with van der Waals surface area (Å²) in [6, 6.07) is 5.80. The highest BCUT2D eigenvalue weighted by molar-refractivity contribution is 5.59. The molecule has 0 spiro atoms. The number of hydrogen-bond donors (Lipinski definition) is 1. The van der Waals surface area contributed by atoms with Crippen LogP contribution in [0, 0.1) is 0 Å². The average molecular weight is 263 g/mol. The van der Waals surface area contributed by atoms with E-state index in [9.17, 15) is 0 Å². The summed E-state index contributed by atoms with van der Waals surface area (Å²) in [5, 5.41) is 3.45. The molecule has 0 bridgehead atoms. The fourth-order valence-corrected chi connectivity index (χ4v) is 1.71. The lowest BCUT2D eigenvalue weighted by Crippen LogP contribution is -2.36. The molecule has 0 radical (unpaired) electrons. The van der Waals surface area contributed by atoms with Gasteiger partial charge in [0.2, 0.25) is 0 Å². The number of benzene rings is 1. The maximum atomic E-state index is 5.33. The van der Waals surface area contributed by atoms with Gasteiger partial charge < -0.3 is 14.8 Å². The van der Waals surface area contributed by atoms with E-state index in [4.69, 9.17) is 9.47 Å². The molecule has 1 aromatic carbocycles. The van der Waals surface area contributed by atoms with Crippen molar-refractivity contribution in [1.29, 1.82) is 0 Å². The Morgan fingerprint density at radius 3 is 2.47 bits per heavy atom. The lowest BCUT2D eigenvalue weighted by Gasteiger charge is -2.19. The van der Waals surface area contributed by atoms with Crippen LogP contribution in [0.1, 0.15) is 32.8 Å². The number of hydrogen-bond acceptors (Lipinski definition) is 3. The molecule has 1 rings (SSSR count). The minimum Gasteiger partial charge on any atom is -0.497 e. The summed E-state index contributed by atoms with van der Waals surface area (Å²) in [7, 11) is 3.35. The van der Waals surface area contributed by atoms with Gasteiger partial charge in [-0.2, -0.15) is 0 Å². The van der Waals surface area contributed by atoms with E-state index in [1.165, 1.54) is 0 Å². The van der Waals surface area contributed by atoms with E-state index in [0.717, 1.165) is 30.0 Å². The Bertz CT molecular complexity index is 419. The molecule has 0 unspecified atom stereocenters. The quantitative estimate of drug-likeness (QED) is 0.797. The summed E-state index contributed by atoms with van der Waals surface area (Å²) in [6.07, 6.45) is 5.21. The molecule has 0 aromatic heterocycles. The highest BCUT2D eigenvalue weighted by Crippen LogP contribution is 2.25. The van der Waals surface area contributed by atoms with Gasteiger partial charge in [0.25, 0.3) is 0 Å². The molecule has 0 fully saturated rings. The predicted octanol–water partition coefficient (Wildman–Crippen LogP) is 3.50. The maximum absolute atomic E-state index is 5.33. The topological polar surface area (TPSA) is 30.5 Å². The van der Waals surface area contributed by atoms with Crippen LogP contribution in [0.25, 0.3) is 6.08 Å². The second-order valence-corrected chi connectivity index (χ2v) is 5.48. The molecule has 0 heterocycles. The number of methoxy groups -OCH3 is 2. The molecule has 0 aliphatic carbocycles. The summed E-state index contributed by atoms with van der Waals surface area (Å²) in [6.45, 7) is 7.47. The Morgan fingerprint density at radius 1 is 1.16 bits per heavy atom. The van der Waals surface area contributed by atoms with Crippen molar-refractivity contribution in [3.63, 3.8) is 0 Å². The van der Waals surface area contributed by atoms with Crippen molar-refractivity contribution >= 4 is 6.08 Å². The molecule has 0 amide bonds. The Morgan fingerprint density at radius 2 is 1.89 bits per heavy atom. The highest BCUT2D eigenvalue weighted by atomic mass is 16.5. The lowest BCUT2D eigenvalue weighted by atomic mass is 10.1. The predicted molar refractivity (Wildman–Crippen MR) is 81.0 cm³/mol. The fourth-order valence-electron chi connectivity index (χ4n) is 1.71. The van der Waals surface area contributed by atoms with Crippen molar-refractivity contribution < 1.29 is 9.47 Å². The SMILES string of the molecule is COc1ccc(OC)c(C=CCCNC(C)(C)C)c1. The molecule has 19 heavy (non-hydrogen) atoms. The molecule has 0 aliphatic rings. The summed E-state index contributed by atoms with van der Waals surface area (Å²) in [5.74, 6) is 1.70. The number of ether oxygens (including phenoxy) is 2. The van der Waals surface area contributed by atoms with E-state index in [1.807, 2.05) is 18.2 Å². The van der Waals surface area contributed by atoms with Crippen molar-refractivity contribution in [2.24, 2.45) is 0 Å². The molecule has 3 heteroatoms. The van der Waals surface area contributed by atoms with Crippen molar-refractivity contribution in [3.05, 3.63) is 29.8 Å². The van der Waals surface area contributed by atoms with Gasteiger partial charge in [-0.25, -0.2) is 0 Å². The van der Waals surface area contributed by atoms with E-state index in [0.29, 0.717) is 0 Å². The third kappa shape index (κ3) is 5.79. The third-order valence-corrected chi connectivity index (χ3v) is 2.70. The molecule has 0 saturated carbocycles. The van der Waals surface area contributed by atoms with Crippen molar-refractivity contribution in [2.75, 3.05) is 20.8 Å². The van der Waals surface area contributed by atoms with Crippen molar-refractivity contribution in [1.82, 2.24) is 5.32 Å². The normalized spacial score (nSPS) is 11.8. The van der Waals surface area contributed by atoms with Crippen LogP contribution >= 0.6 is 0 Å². The van der Waals surface area contributed by atoms with E-state index >= 15 is 0 Å². The van der Waals surface area contributed by atoms with Crippen LogP contribution in [0.15, 0.2) is 24.3 Å². The van der Waals surface area contributed by atoms with Crippen molar-refractivity contribution in [2.45, 2.75) is 32.7 Å². The lowest BCUT2D eigenvalue weighted by molar-refractivity contribution is 0.402. The number of nitrogens with one attached hydrogen (secondary N) is 1. The first-order valence-electron chi connectivity index (χ1n) is 6.60. The highest BCUT2D eigenvalue weighted by Gasteiger charge is 2.06. The summed E-state index contributed by atoms with van der Waals surface area (Å²) in [4.78, 5) is 0. The van der Waals surface area contributed by atoms with Gasteiger partial charge in [0.15, 0.2) is 0 Å². The van der Waals surface area contributed by atoms with E-state index in [-0.39, 0.29) is 5.54 Å². The van der Waals surface area contributed by atoms with Crippen molar-refractivity contribution in [3.8, 4) is 11.5 Å². The van der Waals surface area contributed by atoms with E-state index in [1.54, 1.807) is 14.2 Å². The minimum absolute atomic E-state index is 0.168. The maximum Gasteiger partial charge on any atom is 0.126 e. The monoisotopic (exact) mass is 263 g/mol. The second kappa shape index (κ2) is 7.19. The van der Waals surface area contributed by atoms with Gasteiger partial charge in [0.1, 0.15) is 11.5 Å². The Labute approximate surface area is 116 Å². The molecular formula is C16H25NO2. The van der Waals surface area contributed by atoms with Gasteiger partial charge >= 0.3 is 0 Å². The van der Waals surface area contributed by atoms with Gasteiger partial charge in [-0.05, 0) is 51.9 Å². The summed E-state index contributed by atoms with van der Waals surface area (Å²) < 4.78 is 10.6. The largest absolute Gasteiger partial charge is 0.497 e. The van der Waals surface area contributed by atoms with Crippen LogP contribution in [-0.2, 0) is 0 Å². The van der Waals surface area contributed by atoms with Crippen LogP contribution < -0.4 is 14.8 Å². The molecule has 0 atom stereocenters. The van der Waals surface area contributed by atoms with Crippen LogP contribution in [-0.4, -0.2) is 26.3 Å².